The SMILES string of the molecule is Cc1nc(CF)ccc1C(=O)Nc1ccc(Cl)c(Nc2ccccn2)c1. The minimum Gasteiger partial charge on any atom is -0.339 e. The Morgan fingerprint density at radius 1 is 1.19 bits per heavy atom. The molecule has 0 saturated carbocycles. The molecular formula is C19H16ClFN4O. The van der Waals surface area contributed by atoms with Crippen molar-refractivity contribution in [2.75, 3.05) is 10.6 Å². The van der Waals surface area contributed by atoms with E-state index in [9.17, 15) is 9.18 Å². The van der Waals surface area contributed by atoms with E-state index in [-0.39, 0.29) is 5.91 Å². The number of nitrogens with zero attached hydrogens (tertiary/aromatic N) is 2. The van der Waals surface area contributed by atoms with Crippen LogP contribution in [-0.4, -0.2) is 15.9 Å². The summed E-state index contributed by atoms with van der Waals surface area (Å²) < 4.78 is 12.7. The molecule has 7 heteroatoms. The maximum Gasteiger partial charge on any atom is 0.257 e. The van der Waals surface area contributed by atoms with Crippen molar-refractivity contribution in [3.05, 3.63) is 76.7 Å². The van der Waals surface area contributed by atoms with Gasteiger partial charge in [-0.15, -0.1) is 0 Å². The fraction of sp³-hybridized carbons (Fsp3) is 0.105. The van der Waals surface area contributed by atoms with Crippen LogP contribution in [0.1, 0.15) is 21.7 Å². The van der Waals surface area contributed by atoms with Crippen molar-refractivity contribution in [3.63, 3.8) is 0 Å². The number of rotatable bonds is 5. The number of halogens is 2. The van der Waals surface area contributed by atoms with E-state index in [0.29, 0.717) is 39.2 Å². The molecule has 3 rings (SSSR count). The molecule has 0 unspecified atom stereocenters. The molecule has 2 aromatic heterocycles. The molecule has 26 heavy (non-hydrogen) atoms. The molecule has 2 heterocycles. The van der Waals surface area contributed by atoms with Gasteiger partial charge in [-0.3, -0.25) is 9.78 Å². The van der Waals surface area contributed by atoms with Gasteiger partial charge in [0.2, 0.25) is 0 Å². The van der Waals surface area contributed by atoms with Gasteiger partial charge in [0.1, 0.15) is 12.5 Å². The zero-order valence-corrected chi connectivity index (χ0v) is 14.7. The highest BCUT2D eigenvalue weighted by molar-refractivity contribution is 6.33. The number of alkyl halides is 1. The van der Waals surface area contributed by atoms with Crippen molar-refractivity contribution in [1.82, 2.24) is 9.97 Å². The highest BCUT2D eigenvalue weighted by Gasteiger charge is 2.12. The number of amides is 1. The zero-order chi connectivity index (χ0) is 18.5. The summed E-state index contributed by atoms with van der Waals surface area (Å²) >= 11 is 6.21. The molecule has 0 bridgehead atoms. The lowest BCUT2D eigenvalue weighted by atomic mass is 10.1. The van der Waals surface area contributed by atoms with E-state index >= 15 is 0 Å². The van der Waals surface area contributed by atoms with Gasteiger partial charge < -0.3 is 10.6 Å². The Morgan fingerprint density at radius 2 is 2.04 bits per heavy atom. The molecule has 0 aliphatic heterocycles. The van der Waals surface area contributed by atoms with Gasteiger partial charge in [-0.05, 0) is 49.4 Å². The number of aryl methyl sites for hydroxylation is 1. The highest BCUT2D eigenvalue weighted by atomic mass is 35.5. The number of pyridine rings is 2. The van der Waals surface area contributed by atoms with Crippen molar-refractivity contribution in [2.45, 2.75) is 13.6 Å². The van der Waals surface area contributed by atoms with Crippen LogP contribution in [0.4, 0.5) is 21.6 Å². The van der Waals surface area contributed by atoms with E-state index in [1.54, 1.807) is 37.4 Å². The number of benzene rings is 1. The van der Waals surface area contributed by atoms with Gasteiger partial charge in [-0.25, -0.2) is 9.37 Å². The second-order valence-corrected chi connectivity index (χ2v) is 5.97. The summed E-state index contributed by atoms with van der Waals surface area (Å²) in [6, 6.07) is 13.6. The number of carbonyl (C=O) groups excluding carboxylic acids is 1. The van der Waals surface area contributed by atoms with Crippen molar-refractivity contribution >= 4 is 34.7 Å². The number of carbonyl (C=O) groups is 1. The maximum absolute atomic E-state index is 12.7. The van der Waals surface area contributed by atoms with Crippen molar-refractivity contribution < 1.29 is 9.18 Å². The molecule has 5 nitrogen and oxygen atoms in total. The van der Waals surface area contributed by atoms with Crippen LogP contribution >= 0.6 is 11.6 Å². The Labute approximate surface area is 155 Å². The van der Waals surface area contributed by atoms with Crippen LogP contribution < -0.4 is 10.6 Å². The number of nitrogens with one attached hydrogen (secondary N) is 2. The van der Waals surface area contributed by atoms with E-state index in [1.165, 1.54) is 6.07 Å². The summed E-state index contributed by atoms with van der Waals surface area (Å²) in [5.74, 6) is 0.311. The number of hydrogen-bond donors (Lipinski definition) is 2. The summed E-state index contributed by atoms with van der Waals surface area (Å²) in [4.78, 5) is 20.7. The summed E-state index contributed by atoms with van der Waals surface area (Å²) in [6.45, 7) is 1.01. The molecule has 0 atom stereocenters. The number of hydrogen-bond acceptors (Lipinski definition) is 4. The largest absolute Gasteiger partial charge is 0.339 e. The lowest BCUT2D eigenvalue weighted by molar-refractivity contribution is 0.102. The van der Waals surface area contributed by atoms with Crippen LogP contribution in [0.3, 0.4) is 0 Å². The Bertz CT molecular complexity index is 934. The predicted octanol–water partition coefficient (Wildman–Crippen LogP) is 4.90. The van der Waals surface area contributed by atoms with E-state index < -0.39 is 6.67 Å². The molecule has 132 valence electrons. The molecule has 1 amide bonds. The van der Waals surface area contributed by atoms with Crippen LogP contribution in [-0.2, 0) is 6.67 Å². The van der Waals surface area contributed by atoms with Gasteiger partial charge in [-0.1, -0.05) is 17.7 Å². The van der Waals surface area contributed by atoms with Gasteiger partial charge in [0.15, 0.2) is 0 Å². The maximum atomic E-state index is 12.7. The minimum atomic E-state index is -0.664. The second kappa shape index (κ2) is 7.93. The molecule has 0 fully saturated rings. The third-order valence-corrected chi connectivity index (χ3v) is 4.01. The second-order valence-electron chi connectivity index (χ2n) is 5.56. The molecule has 0 aliphatic carbocycles. The molecule has 0 radical (unpaired) electrons. The molecule has 0 saturated heterocycles. The van der Waals surface area contributed by atoms with Gasteiger partial charge in [0.25, 0.3) is 5.91 Å². The monoisotopic (exact) mass is 370 g/mol. The zero-order valence-electron chi connectivity index (χ0n) is 14.0. The van der Waals surface area contributed by atoms with E-state index in [0.717, 1.165) is 0 Å². The lowest BCUT2D eigenvalue weighted by Crippen LogP contribution is -2.14. The first kappa shape index (κ1) is 17.8. The van der Waals surface area contributed by atoms with E-state index in [2.05, 4.69) is 20.6 Å². The quantitative estimate of drug-likeness (QED) is 0.670. The highest BCUT2D eigenvalue weighted by Crippen LogP contribution is 2.28. The Kier molecular flexibility index (Phi) is 5.43. The number of anilines is 3. The predicted molar refractivity (Wildman–Crippen MR) is 101 cm³/mol. The van der Waals surface area contributed by atoms with Crippen LogP contribution in [0, 0.1) is 6.92 Å². The average Bonchev–Trinajstić information content (AvgIpc) is 2.65. The fourth-order valence-electron chi connectivity index (χ4n) is 2.40. The first-order valence-corrected chi connectivity index (χ1v) is 8.26. The summed E-state index contributed by atoms with van der Waals surface area (Å²) in [5, 5.41) is 6.40. The molecule has 1 aromatic carbocycles. The van der Waals surface area contributed by atoms with E-state index in [4.69, 9.17) is 11.6 Å². The first-order valence-electron chi connectivity index (χ1n) is 7.88. The van der Waals surface area contributed by atoms with Crippen LogP contribution in [0.25, 0.3) is 0 Å². The molecule has 0 aliphatic rings. The summed E-state index contributed by atoms with van der Waals surface area (Å²) in [6.07, 6.45) is 1.67. The normalized spacial score (nSPS) is 10.4. The Morgan fingerprint density at radius 3 is 2.73 bits per heavy atom. The minimum absolute atomic E-state index is 0.299. The van der Waals surface area contributed by atoms with Crippen LogP contribution in [0.5, 0.6) is 0 Å². The van der Waals surface area contributed by atoms with Crippen LogP contribution in [0.2, 0.25) is 5.02 Å². The van der Waals surface area contributed by atoms with Gasteiger partial charge in [-0.2, -0.15) is 0 Å². The van der Waals surface area contributed by atoms with E-state index in [1.807, 2.05) is 18.2 Å². The number of aromatic nitrogens is 2. The standard InChI is InChI=1S/C19H16ClFN4O/c1-12-15(7-5-14(11-21)23-12)19(26)24-13-6-8-16(20)17(10-13)25-18-4-2-3-9-22-18/h2-10H,11H2,1H3,(H,22,25)(H,24,26). The van der Waals surface area contributed by atoms with Crippen LogP contribution in [0.15, 0.2) is 54.7 Å². The third-order valence-electron chi connectivity index (χ3n) is 3.68. The average molecular weight is 371 g/mol. The van der Waals surface area contributed by atoms with Gasteiger partial charge >= 0.3 is 0 Å². The molecule has 3 aromatic rings. The molecule has 2 N–H and O–H groups in total. The smallest absolute Gasteiger partial charge is 0.257 e. The molecule has 0 spiro atoms. The van der Waals surface area contributed by atoms with Gasteiger partial charge in [0, 0.05) is 11.9 Å². The fourth-order valence-corrected chi connectivity index (χ4v) is 2.56. The Hall–Kier alpha value is -2.99. The van der Waals surface area contributed by atoms with Crippen molar-refractivity contribution in [1.29, 1.82) is 0 Å². The third kappa shape index (κ3) is 4.15. The van der Waals surface area contributed by atoms with Crippen molar-refractivity contribution in [2.24, 2.45) is 0 Å². The lowest BCUT2D eigenvalue weighted by Gasteiger charge is -2.12. The Balaban J connectivity index is 1.79. The summed E-state index contributed by atoms with van der Waals surface area (Å²) in [7, 11) is 0. The summed E-state index contributed by atoms with van der Waals surface area (Å²) in [5.41, 5.74) is 2.33. The molecular weight excluding hydrogens is 355 g/mol. The van der Waals surface area contributed by atoms with Crippen molar-refractivity contribution in [3.8, 4) is 0 Å². The topological polar surface area (TPSA) is 66.9 Å². The first-order chi connectivity index (χ1) is 12.6. The van der Waals surface area contributed by atoms with Gasteiger partial charge in [0.05, 0.1) is 27.7 Å².